The number of alkyl halides is 1. The highest BCUT2D eigenvalue weighted by molar-refractivity contribution is 6.18. The Balaban J connectivity index is 1.88. The zero-order valence-corrected chi connectivity index (χ0v) is 13.7. The molecule has 0 spiro atoms. The van der Waals surface area contributed by atoms with Gasteiger partial charge in [0.2, 0.25) is 0 Å². The molecule has 0 amide bonds. The van der Waals surface area contributed by atoms with Crippen LogP contribution in [0.3, 0.4) is 0 Å². The van der Waals surface area contributed by atoms with Crippen LogP contribution in [0.1, 0.15) is 25.3 Å². The van der Waals surface area contributed by atoms with E-state index < -0.39 is 5.60 Å². The quantitative estimate of drug-likeness (QED) is 0.857. The van der Waals surface area contributed by atoms with Crippen LogP contribution < -0.4 is 0 Å². The van der Waals surface area contributed by atoms with Gasteiger partial charge in [-0.3, -0.25) is 0 Å². The summed E-state index contributed by atoms with van der Waals surface area (Å²) in [5.74, 6) is 0.685. The van der Waals surface area contributed by atoms with Crippen molar-refractivity contribution in [2.45, 2.75) is 38.3 Å². The fourth-order valence-corrected chi connectivity index (χ4v) is 4.14. The van der Waals surface area contributed by atoms with Crippen molar-refractivity contribution >= 4 is 11.6 Å². The van der Waals surface area contributed by atoms with Gasteiger partial charge in [0.25, 0.3) is 0 Å². The minimum Gasteiger partial charge on any atom is -0.387 e. The van der Waals surface area contributed by atoms with E-state index in [1.54, 1.807) is 12.5 Å². The minimum atomic E-state index is -0.814. The zero-order chi connectivity index (χ0) is 15.6. The molecule has 1 N–H and O–H groups in total. The second kappa shape index (κ2) is 6.05. The van der Waals surface area contributed by atoms with Gasteiger partial charge in [-0.2, -0.15) is 0 Å². The summed E-state index contributed by atoms with van der Waals surface area (Å²) in [5.41, 5.74) is 0.194. The average molecular weight is 319 g/mol. The molecule has 3 unspecified atom stereocenters. The van der Waals surface area contributed by atoms with Crippen LogP contribution in [0.15, 0.2) is 49.1 Å². The Bertz CT molecular complexity index is 601. The van der Waals surface area contributed by atoms with Crippen molar-refractivity contribution in [1.82, 2.24) is 9.55 Å². The molecule has 1 saturated carbocycles. The molecule has 3 atom stereocenters. The summed E-state index contributed by atoms with van der Waals surface area (Å²) in [6, 6.07) is 10.4. The van der Waals surface area contributed by atoms with Crippen LogP contribution >= 0.6 is 11.6 Å². The molecule has 1 heterocycles. The van der Waals surface area contributed by atoms with E-state index in [4.69, 9.17) is 11.6 Å². The fourth-order valence-electron chi connectivity index (χ4n) is 3.77. The topological polar surface area (TPSA) is 38.0 Å². The number of aromatic nitrogens is 2. The summed E-state index contributed by atoms with van der Waals surface area (Å²) in [5, 5.41) is 11.6. The number of hydrogen-bond donors (Lipinski definition) is 1. The number of imidazole rings is 1. The first kappa shape index (κ1) is 15.6. The lowest BCUT2D eigenvalue weighted by Gasteiger charge is -2.42. The highest BCUT2D eigenvalue weighted by Crippen LogP contribution is 2.52. The molecule has 3 nitrogen and oxygen atoms in total. The minimum absolute atomic E-state index is 0.209. The molecule has 1 aliphatic carbocycles. The van der Waals surface area contributed by atoms with Gasteiger partial charge in [0.15, 0.2) is 0 Å². The Morgan fingerprint density at radius 1 is 1.36 bits per heavy atom. The van der Waals surface area contributed by atoms with Crippen molar-refractivity contribution < 1.29 is 5.11 Å². The van der Waals surface area contributed by atoms with E-state index in [1.165, 1.54) is 5.56 Å². The summed E-state index contributed by atoms with van der Waals surface area (Å²) in [6.45, 7) is 2.66. The first-order valence-corrected chi connectivity index (χ1v) is 8.39. The highest BCUT2D eigenvalue weighted by atomic mass is 35.5. The normalized spacial score (nSPS) is 31.5. The van der Waals surface area contributed by atoms with Crippen LogP contribution in [0.5, 0.6) is 0 Å². The van der Waals surface area contributed by atoms with E-state index in [0.717, 1.165) is 19.3 Å². The lowest BCUT2D eigenvalue weighted by atomic mass is 9.72. The fraction of sp³-hybridized carbons (Fsp3) is 0.500. The predicted molar refractivity (Wildman–Crippen MR) is 88.9 cm³/mol. The lowest BCUT2D eigenvalue weighted by Crippen LogP contribution is -2.51. The third-order valence-corrected chi connectivity index (χ3v) is 5.96. The largest absolute Gasteiger partial charge is 0.387 e. The Kier molecular flexibility index (Phi) is 4.28. The summed E-state index contributed by atoms with van der Waals surface area (Å²) >= 11 is 6.26. The maximum absolute atomic E-state index is 11.6. The van der Waals surface area contributed by atoms with Gasteiger partial charge in [0.1, 0.15) is 0 Å². The summed E-state index contributed by atoms with van der Waals surface area (Å²) in [6.07, 6.45) is 8.28. The molecule has 22 heavy (non-hydrogen) atoms. The second-order valence-corrected chi connectivity index (χ2v) is 7.05. The molecular weight excluding hydrogens is 296 g/mol. The van der Waals surface area contributed by atoms with Crippen LogP contribution in [-0.2, 0) is 13.0 Å². The third-order valence-electron chi connectivity index (χ3n) is 5.37. The monoisotopic (exact) mass is 318 g/mol. The van der Waals surface area contributed by atoms with Crippen molar-refractivity contribution in [1.29, 1.82) is 0 Å². The van der Waals surface area contributed by atoms with Crippen LogP contribution in [0.2, 0.25) is 0 Å². The number of benzene rings is 1. The SMILES string of the molecule is CC1(CCl)CCC(Cc2ccccc2)C1(O)Cn1ccnc1. The van der Waals surface area contributed by atoms with Gasteiger partial charge >= 0.3 is 0 Å². The highest BCUT2D eigenvalue weighted by Gasteiger charge is 2.56. The molecule has 2 aromatic rings. The van der Waals surface area contributed by atoms with Gasteiger partial charge in [0.05, 0.1) is 18.5 Å². The van der Waals surface area contributed by atoms with Crippen molar-refractivity contribution in [3.8, 4) is 0 Å². The number of nitrogens with zero attached hydrogens (tertiary/aromatic N) is 2. The molecule has 3 rings (SSSR count). The van der Waals surface area contributed by atoms with Gasteiger partial charge < -0.3 is 9.67 Å². The second-order valence-electron chi connectivity index (χ2n) is 6.78. The molecule has 0 aliphatic heterocycles. The third kappa shape index (κ3) is 2.68. The lowest BCUT2D eigenvalue weighted by molar-refractivity contribution is -0.0869. The van der Waals surface area contributed by atoms with Crippen molar-refractivity contribution in [2.24, 2.45) is 11.3 Å². The maximum atomic E-state index is 11.6. The van der Waals surface area contributed by atoms with E-state index >= 15 is 0 Å². The van der Waals surface area contributed by atoms with Gasteiger partial charge in [0, 0.05) is 23.7 Å². The molecule has 1 aliphatic rings. The molecule has 118 valence electrons. The van der Waals surface area contributed by atoms with E-state index in [1.807, 2.05) is 16.8 Å². The molecule has 1 aromatic heterocycles. The van der Waals surface area contributed by atoms with E-state index in [0.29, 0.717) is 12.4 Å². The Hall–Kier alpha value is -1.32. The maximum Gasteiger partial charge on any atom is 0.0946 e. The number of aliphatic hydroxyl groups is 1. The Morgan fingerprint density at radius 3 is 2.77 bits per heavy atom. The molecule has 4 heteroatoms. The smallest absolute Gasteiger partial charge is 0.0946 e. The molecule has 0 saturated heterocycles. The van der Waals surface area contributed by atoms with E-state index in [9.17, 15) is 5.11 Å². The van der Waals surface area contributed by atoms with E-state index in [-0.39, 0.29) is 11.3 Å². The molecular formula is C18H23ClN2O. The van der Waals surface area contributed by atoms with Crippen LogP contribution in [0, 0.1) is 11.3 Å². The van der Waals surface area contributed by atoms with Crippen molar-refractivity contribution in [3.05, 3.63) is 54.6 Å². The van der Waals surface area contributed by atoms with Crippen LogP contribution in [0.4, 0.5) is 0 Å². The number of hydrogen-bond acceptors (Lipinski definition) is 2. The van der Waals surface area contributed by atoms with Crippen LogP contribution in [-0.4, -0.2) is 26.1 Å². The molecule has 1 aromatic carbocycles. The first-order chi connectivity index (χ1) is 10.6. The Labute approximate surface area is 137 Å². The number of rotatable bonds is 5. The molecule has 1 fully saturated rings. The molecule has 0 bridgehead atoms. The zero-order valence-electron chi connectivity index (χ0n) is 13.0. The summed E-state index contributed by atoms with van der Waals surface area (Å²) in [7, 11) is 0. The van der Waals surface area contributed by atoms with Gasteiger partial charge in [-0.05, 0) is 30.7 Å². The predicted octanol–water partition coefficient (Wildman–Crippen LogP) is 3.51. The Morgan fingerprint density at radius 2 is 2.14 bits per heavy atom. The molecule has 0 radical (unpaired) electrons. The van der Waals surface area contributed by atoms with Gasteiger partial charge in [-0.1, -0.05) is 37.3 Å². The summed E-state index contributed by atoms with van der Waals surface area (Å²) in [4.78, 5) is 4.10. The van der Waals surface area contributed by atoms with Crippen molar-refractivity contribution in [3.63, 3.8) is 0 Å². The van der Waals surface area contributed by atoms with Crippen molar-refractivity contribution in [2.75, 3.05) is 5.88 Å². The van der Waals surface area contributed by atoms with Gasteiger partial charge in [-0.15, -0.1) is 11.6 Å². The first-order valence-electron chi connectivity index (χ1n) is 7.85. The van der Waals surface area contributed by atoms with E-state index in [2.05, 4.69) is 36.2 Å². The standard InChI is InChI=1S/C18H23ClN2O/c1-17(12-19)8-7-16(11-15-5-3-2-4-6-15)18(17,22)13-21-10-9-20-14-21/h2-6,9-10,14,16,22H,7-8,11-13H2,1H3. The van der Waals surface area contributed by atoms with Crippen LogP contribution in [0.25, 0.3) is 0 Å². The van der Waals surface area contributed by atoms with Gasteiger partial charge in [-0.25, -0.2) is 4.98 Å². The number of halogens is 1. The average Bonchev–Trinajstić information content (AvgIpc) is 3.11. The summed E-state index contributed by atoms with van der Waals surface area (Å²) < 4.78 is 1.97.